The van der Waals surface area contributed by atoms with Crippen LogP contribution >= 0.6 is 0 Å². The molecule has 5 rings (SSSR count). The molecule has 5 nitrogen and oxygen atoms in total. The van der Waals surface area contributed by atoms with Crippen molar-refractivity contribution in [2.24, 2.45) is 0 Å². The monoisotopic (exact) mass is 391 g/mol. The van der Waals surface area contributed by atoms with Crippen LogP contribution in [0.25, 0.3) is 11.0 Å². The highest BCUT2D eigenvalue weighted by Crippen LogP contribution is 2.31. The summed E-state index contributed by atoms with van der Waals surface area (Å²) in [5, 5.41) is 3.57. The molecule has 1 saturated carbocycles. The van der Waals surface area contributed by atoms with E-state index in [1.165, 1.54) is 18.9 Å². The van der Waals surface area contributed by atoms with E-state index in [0.29, 0.717) is 6.04 Å². The summed E-state index contributed by atoms with van der Waals surface area (Å²) in [5.41, 5.74) is 4.08. The first-order valence-electron chi connectivity index (χ1n) is 10.4. The molecule has 3 aromatic rings. The number of halogens is 1. The van der Waals surface area contributed by atoms with Crippen molar-refractivity contribution >= 4 is 22.7 Å². The molecule has 0 bridgehead atoms. The van der Waals surface area contributed by atoms with Crippen molar-refractivity contribution in [2.75, 3.05) is 36.4 Å². The normalized spacial score (nSPS) is 17.7. The molecule has 1 aliphatic carbocycles. The summed E-state index contributed by atoms with van der Waals surface area (Å²) in [6, 6.07) is 13.6. The largest absolute Gasteiger partial charge is 0.364 e. The third kappa shape index (κ3) is 4.03. The molecule has 1 saturated heterocycles. The number of rotatable bonds is 5. The summed E-state index contributed by atoms with van der Waals surface area (Å²) >= 11 is 0. The number of hydrogen-bond donors (Lipinski definition) is 1. The maximum absolute atomic E-state index is 13.6. The van der Waals surface area contributed by atoms with Gasteiger partial charge in [0, 0.05) is 38.8 Å². The van der Waals surface area contributed by atoms with E-state index in [-0.39, 0.29) is 5.82 Å². The molecule has 1 N–H and O–H groups in total. The molecular formula is C23H26FN5. The number of nitrogens with one attached hydrogen (secondary N) is 1. The lowest BCUT2D eigenvalue weighted by molar-refractivity contribution is 0.248. The van der Waals surface area contributed by atoms with Crippen LogP contribution in [0.4, 0.5) is 16.0 Å². The number of fused-ring (bicyclic) bond motifs is 1. The van der Waals surface area contributed by atoms with E-state index in [2.05, 4.69) is 15.1 Å². The number of aromatic nitrogens is 2. The number of hydrogen-bond acceptors (Lipinski definition) is 5. The fourth-order valence-corrected chi connectivity index (χ4v) is 3.90. The van der Waals surface area contributed by atoms with Gasteiger partial charge in [-0.2, -0.15) is 0 Å². The number of para-hydroxylation sites is 2. The molecule has 2 aromatic carbocycles. The van der Waals surface area contributed by atoms with E-state index in [1.54, 1.807) is 6.07 Å². The first-order valence-corrected chi connectivity index (χ1v) is 10.4. The molecule has 1 aromatic heterocycles. The van der Waals surface area contributed by atoms with Crippen LogP contribution in [0.5, 0.6) is 0 Å². The molecule has 150 valence electrons. The third-order valence-corrected chi connectivity index (χ3v) is 5.85. The standard InChI is InChI=1S/C23H26FN5/c1-16-6-7-18(24)14-17(16)15-28-10-12-29(13-11-28)23-22(25-19-8-9-19)26-20-4-2-3-5-21(20)27-23/h2-7,14,19H,8-13,15H2,1H3,(H,25,26). The summed E-state index contributed by atoms with van der Waals surface area (Å²) in [5.74, 6) is 1.70. The number of aryl methyl sites for hydroxylation is 1. The van der Waals surface area contributed by atoms with Crippen molar-refractivity contribution in [3.8, 4) is 0 Å². The van der Waals surface area contributed by atoms with Crippen LogP contribution in [0, 0.1) is 12.7 Å². The maximum atomic E-state index is 13.6. The molecular weight excluding hydrogens is 365 g/mol. The summed E-state index contributed by atoms with van der Waals surface area (Å²) in [4.78, 5) is 14.5. The fraction of sp³-hybridized carbons (Fsp3) is 0.391. The van der Waals surface area contributed by atoms with Crippen LogP contribution in [0.15, 0.2) is 42.5 Å². The smallest absolute Gasteiger partial charge is 0.172 e. The van der Waals surface area contributed by atoms with E-state index in [0.717, 1.165) is 66.5 Å². The Morgan fingerprint density at radius 2 is 1.72 bits per heavy atom. The molecule has 2 heterocycles. The second-order valence-corrected chi connectivity index (χ2v) is 8.14. The zero-order valence-corrected chi connectivity index (χ0v) is 16.7. The zero-order chi connectivity index (χ0) is 19.8. The highest BCUT2D eigenvalue weighted by molar-refractivity contribution is 5.80. The van der Waals surface area contributed by atoms with Crippen molar-refractivity contribution in [3.63, 3.8) is 0 Å². The second-order valence-electron chi connectivity index (χ2n) is 8.14. The van der Waals surface area contributed by atoms with Crippen molar-refractivity contribution in [1.29, 1.82) is 0 Å². The van der Waals surface area contributed by atoms with Crippen LogP contribution in [-0.2, 0) is 6.54 Å². The van der Waals surface area contributed by atoms with Gasteiger partial charge in [0.25, 0.3) is 0 Å². The summed E-state index contributed by atoms with van der Waals surface area (Å²) < 4.78 is 13.6. The molecule has 6 heteroatoms. The Hall–Kier alpha value is -2.73. The molecule has 0 amide bonds. The summed E-state index contributed by atoms with van der Waals surface area (Å²) in [6.07, 6.45) is 2.41. The highest BCUT2D eigenvalue weighted by Gasteiger charge is 2.27. The molecule has 2 fully saturated rings. The number of piperazine rings is 1. The topological polar surface area (TPSA) is 44.3 Å². The van der Waals surface area contributed by atoms with Gasteiger partial charge in [-0.15, -0.1) is 0 Å². The minimum Gasteiger partial charge on any atom is -0.364 e. The van der Waals surface area contributed by atoms with E-state index in [9.17, 15) is 4.39 Å². The van der Waals surface area contributed by atoms with Gasteiger partial charge < -0.3 is 10.2 Å². The average molecular weight is 391 g/mol. The zero-order valence-electron chi connectivity index (χ0n) is 16.7. The minimum atomic E-state index is -0.161. The van der Waals surface area contributed by atoms with E-state index >= 15 is 0 Å². The van der Waals surface area contributed by atoms with Gasteiger partial charge in [0.2, 0.25) is 0 Å². The molecule has 0 atom stereocenters. The van der Waals surface area contributed by atoms with Gasteiger partial charge in [-0.3, -0.25) is 4.90 Å². The lowest BCUT2D eigenvalue weighted by Crippen LogP contribution is -2.46. The Bertz CT molecular complexity index is 1020. The van der Waals surface area contributed by atoms with E-state index in [4.69, 9.17) is 9.97 Å². The first-order chi connectivity index (χ1) is 14.2. The maximum Gasteiger partial charge on any atom is 0.172 e. The Morgan fingerprint density at radius 3 is 2.45 bits per heavy atom. The molecule has 29 heavy (non-hydrogen) atoms. The molecule has 2 aliphatic rings. The number of nitrogens with zero attached hydrogens (tertiary/aromatic N) is 4. The first kappa shape index (κ1) is 18.3. The van der Waals surface area contributed by atoms with Gasteiger partial charge in [0.15, 0.2) is 11.6 Å². The highest BCUT2D eigenvalue weighted by atomic mass is 19.1. The van der Waals surface area contributed by atoms with Gasteiger partial charge in [-0.05, 0) is 55.2 Å². The van der Waals surface area contributed by atoms with Crippen molar-refractivity contribution in [2.45, 2.75) is 32.4 Å². The van der Waals surface area contributed by atoms with Crippen LogP contribution in [0.2, 0.25) is 0 Å². The van der Waals surface area contributed by atoms with E-state index < -0.39 is 0 Å². The predicted molar refractivity (Wildman–Crippen MR) is 115 cm³/mol. The Balaban J connectivity index is 1.33. The van der Waals surface area contributed by atoms with Crippen molar-refractivity contribution in [3.05, 3.63) is 59.4 Å². The molecule has 0 spiro atoms. The second kappa shape index (κ2) is 7.59. The van der Waals surface area contributed by atoms with Crippen LogP contribution in [0.1, 0.15) is 24.0 Å². The lowest BCUT2D eigenvalue weighted by atomic mass is 10.1. The van der Waals surface area contributed by atoms with E-state index in [1.807, 2.05) is 37.3 Å². The van der Waals surface area contributed by atoms with Gasteiger partial charge in [-0.25, -0.2) is 14.4 Å². The van der Waals surface area contributed by atoms with Gasteiger partial charge in [-0.1, -0.05) is 18.2 Å². The number of anilines is 2. The minimum absolute atomic E-state index is 0.161. The van der Waals surface area contributed by atoms with Gasteiger partial charge >= 0.3 is 0 Å². The molecule has 0 radical (unpaired) electrons. The molecule has 0 unspecified atom stereocenters. The van der Waals surface area contributed by atoms with Crippen molar-refractivity contribution < 1.29 is 4.39 Å². The Labute approximate surface area is 170 Å². The predicted octanol–water partition coefficient (Wildman–Crippen LogP) is 3.97. The van der Waals surface area contributed by atoms with Gasteiger partial charge in [0.05, 0.1) is 11.0 Å². The Morgan fingerprint density at radius 1 is 1.00 bits per heavy atom. The summed E-state index contributed by atoms with van der Waals surface area (Å²) in [7, 11) is 0. The van der Waals surface area contributed by atoms with Crippen molar-refractivity contribution in [1.82, 2.24) is 14.9 Å². The third-order valence-electron chi connectivity index (χ3n) is 5.85. The van der Waals surface area contributed by atoms with Crippen LogP contribution in [-0.4, -0.2) is 47.1 Å². The summed E-state index contributed by atoms with van der Waals surface area (Å²) in [6.45, 7) is 6.46. The Kier molecular flexibility index (Phi) is 4.79. The van der Waals surface area contributed by atoms with Crippen LogP contribution < -0.4 is 10.2 Å². The fourth-order valence-electron chi connectivity index (χ4n) is 3.90. The van der Waals surface area contributed by atoms with Gasteiger partial charge in [0.1, 0.15) is 5.82 Å². The average Bonchev–Trinajstić information content (AvgIpc) is 3.55. The lowest BCUT2D eigenvalue weighted by Gasteiger charge is -2.36. The molecule has 1 aliphatic heterocycles. The van der Waals surface area contributed by atoms with Crippen LogP contribution in [0.3, 0.4) is 0 Å². The SMILES string of the molecule is Cc1ccc(F)cc1CN1CCN(c2nc3ccccc3nc2NC2CC2)CC1. The number of benzene rings is 2. The quantitative estimate of drug-likeness (QED) is 0.713.